The molecule has 1 amide bonds. The van der Waals surface area contributed by atoms with Gasteiger partial charge in [0.1, 0.15) is 0 Å². The molecule has 1 aliphatic rings. The van der Waals surface area contributed by atoms with E-state index >= 15 is 0 Å². The van der Waals surface area contributed by atoms with Crippen molar-refractivity contribution in [2.45, 2.75) is 38.7 Å². The first-order chi connectivity index (χ1) is 6.07. The van der Waals surface area contributed by atoms with Gasteiger partial charge in [-0.15, -0.1) is 0 Å². The maximum absolute atomic E-state index is 11.3. The second-order valence-electron chi connectivity index (χ2n) is 3.91. The maximum atomic E-state index is 11.3. The molecule has 0 radical (unpaired) electrons. The van der Waals surface area contributed by atoms with Gasteiger partial charge in [-0.25, -0.2) is 0 Å². The van der Waals surface area contributed by atoms with E-state index in [1.54, 1.807) is 6.92 Å². The van der Waals surface area contributed by atoms with E-state index in [9.17, 15) is 9.90 Å². The molecule has 0 heterocycles. The number of carbonyl (C=O) groups excluding carboxylic acids is 1. The molecule has 0 aliphatic heterocycles. The van der Waals surface area contributed by atoms with Crippen LogP contribution in [0, 0.1) is 5.41 Å². The fourth-order valence-electron chi connectivity index (χ4n) is 1.96. The number of nitrogens with two attached hydrogens (primary N) is 1. The Morgan fingerprint density at radius 1 is 1.69 bits per heavy atom. The average Bonchev–Trinajstić information content (AvgIpc) is 2.04. The van der Waals surface area contributed by atoms with Gasteiger partial charge < -0.3 is 10.8 Å². The quantitative estimate of drug-likeness (QED) is 0.640. The Balaban J connectivity index is 2.75. The van der Waals surface area contributed by atoms with Crippen LogP contribution in [0.1, 0.15) is 32.6 Å². The van der Waals surface area contributed by atoms with Crippen LogP contribution in [0.3, 0.4) is 0 Å². The lowest BCUT2D eigenvalue weighted by atomic mass is 9.73. The summed E-state index contributed by atoms with van der Waals surface area (Å²) in [5, 5.41) is 9.29. The number of rotatable bonds is 3. The zero-order valence-electron chi connectivity index (χ0n) is 7.99. The van der Waals surface area contributed by atoms with Crippen molar-refractivity contribution in [2.75, 3.05) is 0 Å². The van der Waals surface area contributed by atoms with Crippen molar-refractivity contribution in [1.82, 2.24) is 0 Å². The molecule has 74 valence electrons. The lowest BCUT2D eigenvalue weighted by Crippen LogP contribution is -2.40. The smallest absolute Gasteiger partial charge is 0.224 e. The minimum absolute atomic E-state index is 0.280. The summed E-state index contributed by atoms with van der Waals surface area (Å²) in [6.45, 7) is 1.70. The number of carbonyl (C=O) groups is 1. The minimum Gasteiger partial charge on any atom is -0.393 e. The van der Waals surface area contributed by atoms with Crippen molar-refractivity contribution in [3.63, 3.8) is 0 Å². The van der Waals surface area contributed by atoms with Crippen LogP contribution in [-0.2, 0) is 4.79 Å². The van der Waals surface area contributed by atoms with Crippen molar-refractivity contribution < 1.29 is 9.90 Å². The van der Waals surface area contributed by atoms with E-state index in [0.29, 0.717) is 12.8 Å². The van der Waals surface area contributed by atoms with Gasteiger partial charge in [0.05, 0.1) is 11.5 Å². The van der Waals surface area contributed by atoms with Crippen LogP contribution in [0.4, 0.5) is 0 Å². The van der Waals surface area contributed by atoms with Gasteiger partial charge in [-0.2, -0.15) is 0 Å². The van der Waals surface area contributed by atoms with Crippen LogP contribution in [0.25, 0.3) is 0 Å². The second kappa shape index (κ2) is 3.92. The molecule has 0 saturated carbocycles. The molecular formula is C10H17NO2. The zero-order chi connectivity index (χ0) is 9.90. The Bertz CT molecular complexity index is 223. The zero-order valence-corrected chi connectivity index (χ0v) is 7.99. The first-order valence-corrected chi connectivity index (χ1v) is 4.70. The summed E-state index contributed by atoms with van der Waals surface area (Å²) >= 11 is 0. The Morgan fingerprint density at radius 3 is 2.77 bits per heavy atom. The molecule has 0 aromatic heterocycles. The third-order valence-corrected chi connectivity index (χ3v) is 2.67. The highest BCUT2D eigenvalue weighted by Gasteiger charge is 2.37. The monoisotopic (exact) mass is 183 g/mol. The highest BCUT2D eigenvalue weighted by atomic mass is 16.3. The molecule has 3 N–H and O–H groups in total. The first-order valence-electron chi connectivity index (χ1n) is 4.70. The molecule has 3 heteroatoms. The van der Waals surface area contributed by atoms with Crippen molar-refractivity contribution in [3.05, 3.63) is 12.2 Å². The average molecular weight is 183 g/mol. The molecule has 0 fully saturated rings. The fourth-order valence-corrected chi connectivity index (χ4v) is 1.96. The van der Waals surface area contributed by atoms with Crippen molar-refractivity contribution in [3.8, 4) is 0 Å². The van der Waals surface area contributed by atoms with Gasteiger partial charge in [0.15, 0.2) is 0 Å². The third-order valence-electron chi connectivity index (χ3n) is 2.67. The number of amides is 1. The van der Waals surface area contributed by atoms with E-state index in [1.807, 2.05) is 6.08 Å². The van der Waals surface area contributed by atoms with Crippen molar-refractivity contribution in [2.24, 2.45) is 11.1 Å². The molecule has 1 aliphatic carbocycles. The SMILES string of the molecule is C[C@@H](O)CC1(C(N)=O)CC=CCC1. The Hall–Kier alpha value is -0.830. The lowest BCUT2D eigenvalue weighted by Gasteiger charge is -2.32. The van der Waals surface area contributed by atoms with Crippen LogP contribution in [0.2, 0.25) is 0 Å². The van der Waals surface area contributed by atoms with Gasteiger partial charge in [0.2, 0.25) is 5.91 Å². The van der Waals surface area contributed by atoms with Crippen LogP contribution in [-0.4, -0.2) is 17.1 Å². The summed E-state index contributed by atoms with van der Waals surface area (Å²) < 4.78 is 0. The number of aliphatic hydroxyl groups excluding tert-OH is 1. The molecule has 13 heavy (non-hydrogen) atoms. The summed E-state index contributed by atoms with van der Waals surface area (Å²) in [6, 6.07) is 0. The molecule has 1 unspecified atom stereocenters. The van der Waals surface area contributed by atoms with Crippen molar-refractivity contribution in [1.29, 1.82) is 0 Å². The largest absolute Gasteiger partial charge is 0.393 e. The summed E-state index contributed by atoms with van der Waals surface area (Å²) in [5.74, 6) is -0.280. The van der Waals surface area contributed by atoms with Crippen LogP contribution < -0.4 is 5.73 Å². The Morgan fingerprint density at radius 2 is 2.38 bits per heavy atom. The number of hydrogen-bond acceptors (Lipinski definition) is 2. The van der Waals surface area contributed by atoms with Crippen LogP contribution in [0.15, 0.2) is 12.2 Å². The van der Waals surface area contributed by atoms with Crippen LogP contribution in [0.5, 0.6) is 0 Å². The molecule has 3 nitrogen and oxygen atoms in total. The molecule has 0 spiro atoms. The lowest BCUT2D eigenvalue weighted by molar-refractivity contribution is -0.130. The predicted molar refractivity (Wildman–Crippen MR) is 50.9 cm³/mol. The maximum Gasteiger partial charge on any atom is 0.224 e. The van der Waals surface area contributed by atoms with E-state index in [1.165, 1.54) is 0 Å². The molecule has 0 saturated heterocycles. The predicted octanol–water partition coefficient (Wildman–Crippen LogP) is 0.969. The van der Waals surface area contributed by atoms with Crippen LogP contribution >= 0.6 is 0 Å². The molecule has 1 rings (SSSR count). The minimum atomic E-state index is -0.497. The van der Waals surface area contributed by atoms with Gasteiger partial charge >= 0.3 is 0 Å². The standard InChI is InChI=1S/C10H17NO2/c1-8(12)7-10(9(11)13)5-3-2-4-6-10/h2-3,8,12H,4-7H2,1H3,(H2,11,13)/t8-,10?/m1/s1. The highest BCUT2D eigenvalue weighted by Crippen LogP contribution is 2.36. The van der Waals surface area contributed by atoms with E-state index in [-0.39, 0.29) is 5.91 Å². The van der Waals surface area contributed by atoms with Crippen molar-refractivity contribution >= 4 is 5.91 Å². The third kappa shape index (κ3) is 2.31. The fraction of sp³-hybridized carbons (Fsp3) is 0.700. The summed E-state index contributed by atoms with van der Waals surface area (Å²) in [5.41, 5.74) is 4.87. The van der Waals surface area contributed by atoms with E-state index < -0.39 is 11.5 Å². The van der Waals surface area contributed by atoms with Gasteiger partial charge in [0, 0.05) is 0 Å². The van der Waals surface area contributed by atoms with Gasteiger partial charge in [-0.3, -0.25) is 4.79 Å². The summed E-state index contributed by atoms with van der Waals surface area (Å²) in [4.78, 5) is 11.3. The van der Waals surface area contributed by atoms with Gasteiger partial charge in [0.25, 0.3) is 0 Å². The number of aliphatic hydroxyl groups is 1. The Labute approximate surface area is 78.6 Å². The van der Waals surface area contributed by atoms with Gasteiger partial charge in [-0.1, -0.05) is 12.2 Å². The molecular weight excluding hydrogens is 166 g/mol. The molecule has 2 atom stereocenters. The molecule has 0 aromatic rings. The topological polar surface area (TPSA) is 63.3 Å². The highest BCUT2D eigenvalue weighted by molar-refractivity contribution is 5.81. The number of primary amides is 1. The summed E-state index contributed by atoms with van der Waals surface area (Å²) in [7, 11) is 0. The molecule has 0 bridgehead atoms. The molecule has 0 aromatic carbocycles. The van der Waals surface area contributed by atoms with E-state index in [2.05, 4.69) is 6.08 Å². The number of hydrogen-bond donors (Lipinski definition) is 2. The number of allylic oxidation sites excluding steroid dienone is 2. The summed E-state index contributed by atoms with van der Waals surface area (Å²) in [6.07, 6.45) is 6.39. The van der Waals surface area contributed by atoms with E-state index in [0.717, 1.165) is 12.8 Å². The second-order valence-corrected chi connectivity index (χ2v) is 3.91. The normalized spacial score (nSPS) is 30.0. The Kier molecular flexibility index (Phi) is 3.09. The first kappa shape index (κ1) is 10.3. The van der Waals surface area contributed by atoms with Gasteiger partial charge in [-0.05, 0) is 32.6 Å². The van der Waals surface area contributed by atoms with E-state index in [4.69, 9.17) is 5.73 Å².